The molecule has 0 aliphatic rings. The summed E-state index contributed by atoms with van der Waals surface area (Å²) in [5.74, 6) is 1.70. The maximum atomic E-state index is 5.97. The van der Waals surface area contributed by atoms with Crippen molar-refractivity contribution in [3.05, 3.63) is 59.7 Å². The average Bonchev–Trinajstić information content (AvgIpc) is 2.53. The molecule has 0 heterocycles. The lowest BCUT2D eigenvalue weighted by atomic mass is 10.0. The minimum absolute atomic E-state index is 0. The molecule has 0 saturated carbocycles. The number of hydrogen-bond acceptors (Lipinski definition) is 2. The van der Waals surface area contributed by atoms with Crippen LogP contribution in [-0.2, 0) is 6.54 Å². The number of nitrogens with one attached hydrogen (secondary N) is 1. The van der Waals surface area contributed by atoms with Gasteiger partial charge in [-0.2, -0.15) is 0 Å². The van der Waals surface area contributed by atoms with E-state index in [0.29, 0.717) is 18.4 Å². The molecule has 0 atom stereocenters. The van der Waals surface area contributed by atoms with Crippen LogP contribution in [0.5, 0.6) is 5.75 Å². The van der Waals surface area contributed by atoms with E-state index >= 15 is 0 Å². The molecule has 2 rings (SSSR count). The Morgan fingerprint density at radius 3 is 2.61 bits per heavy atom. The fourth-order valence-electron chi connectivity index (χ4n) is 2.17. The van der Waals surface area contributed by atoms with E-state index in [2.05, 4.69) is 36.3 Å². The van der Waals surface area contributed by atoms with Gasteiger partial charge in [0.05, 0.1) is 13.7 Å². The van der Waals surface area contributed by atoms with Gasteiger partial charge >= 0.3 is 0 Å². The van der Waals surface area contributed by atoms with Gasteiger partial charge in [0, 0.05) is 11.3 Å². The molecule has 124 valence electrons. The minimum atomic E-state index is 0. The first-order valence-electron chi connectivity index (χ1n) is 7.39. The van der Waals surface area contributed by atoms with E-state index in [1.54, 1.807) is 7.11 Å². The van der Waals surface area contributed by atoms with E-state index < -0.39 is 0 Å². The van der Waals surface area contributed by atoms with Crippen LogP contribution in [0.15, 0.2) is 53.5 Å². The molecule has 3 N–H and O–H groups in total. The lowest BCUT2D eigenvalue weighted by Gasteiger charge is -2.10. The number of benzene rings is 2. The number of ether oxygens (including phenoxy) is 1. The fourth-order valence-corrected chi connectivity index (χ4v) is 2.17. The Morgan fingerprint density at radius 2 is 1.91 bits per heavy atom. The quantitative estimate of drug-likeness (QED) is 0.425. The zero-order valence-corrected chi connectivity index (χ0v) is 16.1. The molecule has 0 aliphatic carbocycles. The number of rotatable bonds is 5. The van der Waals surface area contributed by atoms with Crippen molar-refractivity contribution in [3.8, 4) is 5.75 Å². The van der Waals surface area contributed by atoms with E-state index in [9.17, 15) is 0 Å². The van der Waals surface area contributed by atoms with E-state index in [0.717, 1.165) is 17.0 Å². The van der Waals surface area contributed by atoms with Gasteiger partial charge in [-0.05, 0) is 29.7 Å². The Hall–Kier alpha value is -1.76. The third-order valence-electron chi connectivity index (χ3n) is 3.44. The summed E-state index contributed by atoms with van der Waals surface area (Å²) in [5, 5.41) is 3.13. The van der Waals surface area contributed by atoms with E-state index in [1.165, 1.54) is 5.56 Å². The molecule has 0 spiro atoms. The second kappa shape index (κ2) is 9.39. The molecule has 0 aromatic heterocycles. The highest BCUT2D eigenvalue weighted by atomic mass is 127. The molecule has 0 amide bonds. The zero-order valence-electron chi connectivity index (χ0n) is 13.7. The number of methoxy groups -OCH3 is 1. The van der Waals surface area contributed by atoms with Gasteiger partial charge in [0.2, 0.25) is 0 Å². The third-order valence-corrected chi connectivity index (χ3v) is 3.44. The molecule has 0 bridgehead atoms. The van der Waals surface area contributed by atoms with Gasteiger partial charge in [0.1, 0.15) is 5.75 Å². The monoisotopic (exact) mass is 425 g/mol. The largest absolute Gasteiger partial charge is 0.496 e. The van der Waals surface area contributed by atoms with Crippen LogP contribution in [0.4, 0.5) is 5.69 Å². The predicted octanol–water partition coefficient (Wildman–Crippen LogP) is 4.36. The predicted molar refractivity (Wildman–Crippen MR) is 108 cm³/mol. The Balaban J connectivity index is 0.00000264. The highest BCUT2D eigenvalue weighted by molar-refractivity contribution is 14.0. The van der Waals surface area contributed by atoms with Crippen LogP contribution in [0.3, 0.4) is 0 Å². The van der Waals surface area contributed by atoms with E-state index in [1.807, 2.05) is 36.4 Å². The van der Waals surface area contributed by atoms with Gasteiger partial charge in [0.15, 0.2) is 5.96 Å². The van der Waals surface area contributed by atoms with Crippen LogP contribution in [0.2, 0.25) is 0 Å². The fraction of sp³-hybridized carbons (Fsp3) is 0.278. The lowest BCUT2D eigenvalue weighted by Crippen LogP contribution is -2.22. The molecule has 0 fully saturated rings. The smallest absolute Gasteiger partial charge is 0.193 e. The van der Waals surface area contributed by atoms with Crippen LogP contribution < -0.4 is 15.8 Å². The summed E-state index contributed by atoms with van der Waals surface area (Å²) in [6, 6.07) is 16.0. The van der Waals surface area contributed by atoms with Gasteiger partial charge in [0.25, 0.3) is 0 Å². The first kappa shape index (κ1) is 19.3. The minimum Gasteiger partial charge on any atom is -0.496 e. The topological polar surface area (TPSA) is 59.6 Å². The van der Waals surface area contributed by atoms with Crippen LogP contribution in [0.1, 0.15) is 30.9 Å². The van der Waals surface area contributed by atoms with Gasteiger partial charge in [-0.3, -0.25) is 0 Å². The van der Waals surface area contributed by atoms with E-state index in [4.69, 9.17) is 10.5 Å². The standard InChI is InChI=1S/C18H23N3O.HI/c1-13(2)14-8-6-9-16(11-14)21-18(19)20-12-15-7-4-5-10-17(15)22-3;/h4-11,13H,12H2,1-3H3,(H3,19,20,21);1H. The van der Waals surface area contributed by atoms with Crippen molar-refractivity contribution in [2.45, 2.75) is 26.3 Å². The van der Waals surface area contributed by atoms with Crippen molar-refractivity contribution in [2.75, 3.05) is 12.4 Å². The van der Waals surface area contributed by atoms with Crippen LogP contribution in [-0.4, -0.2) is 13.1 Å². The number of nitrogens with zero attached hydrogens (tertiary/aromatic N) is 1. The van der Waals surface area contributed by atoms with Crippen molar-refractivity contribution in [1.29, 1.82) is 0 Å². The molecule has 23 heavy (non-hydrogen) atoms. The van der Waals surface area contributed by atoms with Gasteiger partial charge in [-0.25, -0.2) is 4.99 Å². The summed E-state index contributed by atoms with van der Waals surface area (Å²) in [6.07, 6.45) is 0. The molecule has 5 heteroatoms. The molecule has 2 aromatic carbocycles. The lowest BCUT2D eigenvalue weighted by molar-refractivity contribution is 0.410. The Morgan fingerprint density at radius 1 is 1.17 bits per heavy atom. The van der Waals surface area contributed by atoms with Gasteiger partial charge in [-0.15, -0.1) is 24.0 Å². The highest BCUT2D eigenvalue weighted by Crippen LogP contribution is 2.19. The number of anilines is 1. The third kappa shape index (κ3) is 5.74. The number of aliphatic imine (C=N–C) groups is 1. The summed E-state index contributed by atoms with van der Waals surface area (Å²) in [4.78, 5) is 4.38. The Labute approximate surface area is 155 Å². The number of nitrogens with two attached hydrogens (primary N) is 1. The molecule has 0 radical (unpaired) electrons. The molecule has 0 saturated heterocycles. The second-order valence-electron chi connectivity index (χ2n) is 5.42. The summed E-state index contributed by atoms with van der Waals surface area (Å²) in [7, 11) is 1.65. The van der Waals surface area contributed by atoms with Crippen molar-refractivity contribution in [2.24, 2.45) is 10.7 Å². The SMILES string of the molecule is COc1ccccc1CN=C(N)Nc1cccc(C(C)C)c1.I. The summed E-state index contributed by atoms with van der Waals surface area (Å²) < 4.78 is 5.31. The van der Waals surface area contributed by atoms with Crippen LogP contribution in [0, 0.1) is 0 Å². The van der Waals surface area contributed by atoms with Crippen molar-refractivity contribution in [3.63, 3.8) is 0 Å². The van der Waals surface area contributed by atoms with Crippen molar-refractivity contribution in [1.82, 2.24) is 0 Å². The maximum absolute atomic E-state index is 5.97. The number of halogens is 1. The first-order chi connectivity index (χ1) is 10.6. The van der Waals surface area contributed by atoms with Crippen molar-refractivity contribution < 1.29 is 4.74 Å². The first-order valence-corrected chi connectivity index (χ1v) is 7.39. The molecule has 4 nitrogen and oxygen atoms in total. The van der Waals surface area contributed by atoms with E-state index in [-0.39, 0.29) is 24.0 Å². The van der Waals surface area contributed by atoms with Crippen LogP contribution in [0.25, 0.3) is 0 Å². The van der Waals surface area contributed by atoms with Crippen LogP contribution >= 0.6 is 24.0 Å². The number of guanidine groups is 1. The molecular weight excluding hydrogens is 401 g/mol. The Kier molecular flexibility index (Phi) is 7.88. The number of para-hydroxylation sites is 1. The summed E-state index contributed by atoms with van der Waals surface area (Å²) in [6.45, 7) is 4.81. The van der Waals surface area contributed by atoms with Crippen molar-refractivity contribution >= 4 is 35.6 Å². The second-order valence-corrected chi connectivity index (χ2v) is 5.42. The average molecular weight is 425 g/mol. The van der Waals surface area contributed by atoms with Gasteiger partial charge < -0.3 is 15.8 Å². The Bertz CT molecular complexity index is 656. The number of hydrogen-bond donors (Lipinski definition) is 2. The summed E-state index contributed by atoms with van der Waals surface area (Å²) in [5.41, 5.74) is 9.19. The molecular formula is C18H24IN3O. The summed E-state index contributed by atoms with van der Waals surface area (Å²) >= 11 is 0. The maximum Gasteiger partial charge on any atom is 0.193 e. The molecule has 0 aliphatic heterocycles. The molecule has 2 aromatic rings. The van der Waals surface area contributed by atoms with Gasteiger partial charge in [-0.1, -0.05) is 44.2 Å². The highest BCUT2D eigenvalue weighted by Gasteiger charge is 2.03. The normalized spacial score (nSPS) is 11.0. The molecule has 0 unspecified atom stereocenters. The zero-order chi connectivity index (χ0) is 15.9.